The molecule has 0 aliphatic heterocycles. The number of hydrogen-bond acceptors (Lipinski definition) is 3. The van der Waals surface area contributed by atoms with Crippen LogP contribution < -0.4 is 10.1 Å². The molecule has 0 amide bonds. The van der Waals surface area contributed by atoms with Gasteiger partial charge in [-0.1, -0.05) is 19.1 Å². The normalized spacial score (nSPS) is 11.6. The van der Waals surface area contributed by atoms with E-state index in [9.17, 15) is 0 Å². The third-order valence-electron chi connectivity index (χ3n) is 2.90. The Balaban J connectivity index is 2.43. The van der Waals surface area contributed by atoms with Gasteiger partial charge in [0.1, 0.15) is 5.75 Å². The fourth-order valence-electron chi connectivity index (χ4n) is 1.63. The largest absolute Gasteiger partial charge is 0.494 e. The number of hydrogen-bond donors (Lipinski definition) is 2. The van der Waals surface area contributed by atoms with Gasteiger partial charge in [-0.3, -0.25) is 0 Å². The van der Waals surface area contributed by atoms with Crippen LogP contribution in [-0.2, 0) is 6.54 Å². The molecule has 0 saturated carbocycles. The quantitative estimate of drug-likeness (QED) is 0.746. The summed E-state index contributed by atoms with van der Waals surface area (Å²) in [6.07, 6.45) is 1.78. The molecule has 102 valence electrons. The topological polar surface area (TPSA) is 41.5 Å². The van der Waals surface area contributed by atoms with E-state index in [1.54, 1.807) is 0 Å². The first-order valence-corrected chi connectivity index (χ1v) is 6.65. The van der Waals surface area contributed by atoms with Crippen molar-refractivity contribution < 1.29 is 9.84 Å². The Morgan fingerprint density at radius 2 is 1.89 bits per heavy atom. The van der Waals surface area contributed by atoms with E-state index in [1.165, 1.54) is 5.56 Å². The van der Waals surface area contributed by atoms with Crippen molar-refractivity contribution in [2.45, 2.75) is 45.7 Å². The van der Waals surface area contributed by atoms with Crippen molar-refractivity contribution in [1.82, 2.24) is 5.32 Å². The van der Waals surface area contributed by atoms with Crippen LogP contribution >= 0.6 is 0 Å². The highest BCUT2D eigenvalue weighted by Gasteiger charge is 2.15. The van der Waals surface area contributed by atoms with E-state index in [1.807, 2.05) is 12.1 Å². The first-order valence-electron chi connectivity index (χ1n) is 6.65. The van der Waals surface area contributed by atoms with Gasteiger partial charge in [-0.25, -0.2) is 0 Å². The van der Waals surface area contributed by atoms with Crippen LogP contribution in [0.2, 0.25) is 0 Å². The van der Waals surface area contributed by atoms with Crippen molar-refractivity contribution >= 4 is 0 Å². The number of rotatable bonds is 8. The summed E-state index contributed by atoms with van der Waals surface area (Å²) in [6.45, 7) is 8.08. The summed E-state index contributed by atoms with van der Waals surface area (Å²) in [5, 5.41) is 12.4. The van der Waals surface area contributed by atoms with Crippen LogP contribution in [0.25, 0.3) is 0 Å². The summed E-state index contributed by atoms with van der Waals surface area (Å²) in [4.78, 5) is 0. The lowest BCUT2D eigenvalue weighted by molar-refractivity contribution is 0.230. The minimum atomic E-state index is -0.0356. The van der Waals surface area contributed by atoms with Crippen LogP contribution in [0.15, 0.2) is 24.3 Å². The van der Waals surface area contributed by atoms with Crippen molar-refractivity contribution in [3.05, 3.63) is 29.8 Å². The van der Waals surface area contributed by atoms with Crippen molar-refractivity contribution in [2.75, 3.05) is 13.2 Å². The fraction of sp³-hybridized carbons (Fsp3) is 0.600. The van der Waals surface area contributed by atoms with E-state index in [4.69, 9.17) is 9.84 Å². The number of benzene rings is 1. The molecule has 0 radical (unpaired) electrons. The standard InChI is InChI=1S/C15H25NO2/c1-4-11-18-14-7-5-13(6-8-14)12-16-15(2,3)9-10-17/h5-8,16-17H,4,9-12H2,1-3H3. The summed E-state index contributed by atoms with van der Waals surface area (Å²) >= 11 is 0. The Morgan fingerprint density at radius 3 is 2.44 bits per heavy atom. The lowest BCUT2D eigenvalue weighted by Crippen LogP contribution is -2.39. The molecule has 1 aromatic rings. The molecule has 0 bridgehead atoms. The van der Waals surface area contributed by atoms with Crippen LogP contribution in [0.5, 0.6) is 5.75 Å². The van der Waals surface area contributed by atoms with E-state index >= 15 is 0 Å². The highest BCUT2D eigenvalue weighted by molar-refractivity contribution is 5.27. The summed E-state index contributed by atoms with van der Waals surface area (Å²) < 4.78 is 5.54. The molecule has 0 aromatic heterocycles. The lowest BCUT2D eigenvalue weighted by Gasteiger charge is -2.25. The zero-order valence-electron chi connectivity index (χ0n) is 11.7. The van der Waals surface area contributed by atoms with E-state index in [0.29, 0.717) is 0 Å². The molecule has 0 fully saturated rings. The Kier molecular flexibility index (Phi) is 6.16. The maximum Gasteiger partial charge on any atom is 0.119 e. The predicted octanol–water partition coefficient (Wildman–Crippen LogP) is 2.73. The van der Waals surface area contributed by atoms with Gasteiger partial charge in [0.2, 0.25) is 0 Å². The molecular formula is C15H25NO2. The van der Waals surface area contributed by atoms with Gasteiger partial charge in [0, 0.05) is 18.7 Å². The summed E-state index contributed by atoms with van der Waals surface area (Å²) in [5.41, 5.74) is 1.19. The molecule has 2 N–H and O–H groups in total. The van der Waals surface area contributed by atoms with Gasteiger partial charge >= 0.3 is 0 Å². The van der Waals surface area contributed by atoms with E-state index < -0.39 is 0 Å². The molecule has 1 rings (SSSR count). The Morgan fingerprint density at radius 1 is 1.22 bits per heavy atom. The fourth-order valence-corrected chi connectivity index (χ4v) is 1.63. The second kappa shape index (κ2) is 7.39. The Hall–Kier alpha value is -1.06. The first-order chi connectivity index (χ1) is 8.57. The average Bonchev–Trinajstić information content (AvgIpc) is 2.35. The minimum absolute atomic E-state index is 0.0356. The number of aliphatic hydroxyl groups is 1. The Bertz CT molecular complexity index is 333. The van der Waals surface area contributed by atoms with E-state index in [-0.39, 0.29) is 12.1 Å². The zero-order chi connectivity index (χ0) is 13.4. The van der Waals surface area contributed by atoms with Gasteiger partial charge in [-0.15, -0.1) is 0 Å². The second-order valence-electron chi connectivity index (χ2n) is 5.20. The predicted molar refractivity (Wildman–Crippen MR) is 74.8 cm³/mol. The summed E-state index contributed by atoms with van der Waals surface area (Å²) in [6, 6.07) is 8.16. The van der Waals surface area contributed by atoms with Crippen LogP contribution in [-0.4, -0.2) is 23.9 Å². The monoisotopic (exact) mass is 251 g/mol. The molecule has 0 saturated heterocycles. The second-order valence-corrected chi connectivity index (χ2v) is 5.20. The average molecular weight is 251 g/mol. The maximum atomic E-state index is 8.96. The highest BCUT2D eigenvalue weighted by atomic mass is 16.5. The van der Waals surface area contributed by atoms with Gasteiger partial charge in [-0.2, -0.15) is 0 Å². The molecule has 0 spiro atoms. The molecule has 0 heterocycles. The van der Waals surface area contributed by atoms with Gasteiger partial charge in [-0.05, 0) is 44.4 Å². The van der Waals surface area contributed by atoms with Crippen LogP contribution in [0.3, 0.4) is 0 Å². The van der Waals surface area contributed by atoms with Gasteiger partial charge in [0.05, 0.1) is 6.61 Å². The SMILES string of the molecule is CCCOc1ccc(CNC(C)(C)CCO)cc1. The van der Waals surface area contributed by atoms with Gasteiger partial charge in [0.25, 0.3) is 0 Å². The van der Waals surface area contributed by atoms with Crippen LogP contribution in [0, 0.1) is 0 Å². The molecular weight excluding hydrogens is 226 g/mol. The number of nitrogens with one attached hydrogen (secondary N) is 1. The zero-order valence-corrected chi connectivity index (χ0v) is 11.7. The summed E-state index contributed by atoms with van der Waals surface area (Å²) in [5.74, 6) is 0.926. The van der Waals surface area contributed by atoms with E-state index in [0.717, 1.165) is 31.7 Å². The third-order valence-corrected chi connectivity index (χ3v) is 2.90. The number of aliphatic hydroxyl groups excluding tert-OH is 1. The molecule has 0 unspecified atom stereocenters. The first kappa shape index (κ1) is 15.0. The smallest absolute Gasteiger partial charge is 0.119 e. The highest BCUT2D eigenvalue weighted by Crippen LogP contribution is 2.14. The third kappa shape index (κ3) is 5.52. The van der Waals surface area contributed by atoms with Crippen molar-refractivity contribution in [1.29, 1.82) is 0 Å². The van der Waals surface area contributed by atoms with Crippen molar-refractivity contribution in [3.63, 3.8) is 0 Å². The Labute approximate surface area is 110 Å². The van der Waals surface area contributed by atoms with Gasteiger partial charge in [0.15, 0.2) is 0 Å². The molecule has 3 heteroatoms. The number of ether oxygens (including phenoxy) is 1. The maximum absolute atomic E-state index is 8.96. The lowest BCUT2D eigenvalue weighted by atomic mass is 10.0. The summed E-state index contributed by atoms with van der Waals surface area (Å²) in [7, 11) is 0. The molecule has 1 aromatic carbocycles. The molecule has 0 aliphatic rings. The molecule has 18 heavy (non-hydrogen) atoms. The van der Waals surface area contributed by atoms with Crippen molar-refractivity contribution in [2.24, 2.45) is 0 Å². The van der Waals surface area contributed by atoms with Gasteiger partial charge < -0.3 is 15.2 Å². The van der Waals surface area contributed by atoms with E-state index in [2.05, 4.69) is 38.2 Å². The van der Waals surface area contributed by atoms with Crippen LogP contribution in [0.1, 0.15) is 39.2 Å². The molecule has 0 aliphatic carbocycles. The van der Waals surface area contributed by atoms with Crippen molar-refractivity contribution in [3.8, 4) is 5.75 Å². The molecule has 0 atom stereocenters. The van der Waals surface area contributed by atoms with Crippen LogP contribution in [0.4, 0.5) is 0 Å². The molecule has 3 nitrogen and oxygen atoms in total. The minimum Gasteiger partial charge on any atom is -0.494 e.